The van der Waals surface area contributed by atoms with E-state index >= 15 is 0 Å². The van der Waals surface area contributed by atoms with E-state index in [0.717, 1.165) is 16.9 Å². The number of thiophene rings is 1. The van der Waals surface area contributed by atoms with Crippen LogP contribution in [-0.4, -0.2) is 17.6 Å². The van der Waals surface area contributed by atoms with Crippen LogP contribution in [0.2, 0.25) is 8.67 Å². The zero-order valence-electron chi connectivity index (χ0n) is 9.77. The molecular weight excluding hydrogens is 305 g/mol. The molecule has 1 amide bonds. The minimum atomic E-state index is -0.469. The first-order chi connectivity index (χ1) is 9.11. The van der Waals surface area contributed by atoms with E-state index in [1.54, 1.807) is 0 Å². The smallest absolute Gasteiger partial charge is 0.254 e. The molecule has 2 aromatic rings. The fourth-order valence-electron chi connectivity index (χ4n) is 1.65. The third-order valence-electron chi connectivity index (χ3n) is 2.59. The van der Waals surface area contributed by atoms with E-state index in [0.29, 0.717) is 14.2 Å². The number of carbonyl (C=O) groups is 1. The first kappa shape index (κ1) is 14.3. The molecule has 1 aromatic carbocycles. The molecule has 0 aliphatic carbocycles. The number of halogens is 2. The van der Waals surface area contributed by atoms with Crippen LogP contribution in [0.25, 0.3) is 0 Å². The fourth-order valence-corrected chi connectivity index (χ4v) is 3.11. The molecule has 1 heterocycles. The van der Waals surface area contributed by atoms with Crippen molar-refractivity contribution in [3.63, 3.8) is 0 Å². The van der Waals surface area contributed by atoms with Crippen LogP contribution in [-0.2, 0) is 0 Å². The average Bonchev–Trinajstić information content (AvgIpc) is 2.76. The van der Waals surface area contributed by atoms with Gasteiger partial charge in [0.15, 0.2) is 0 Å². The lowest BCUT2D eigenvalue weighted by atomic mass is 10.1. The molecule has 100 valence electrons. The van der Waals surface area contributed by atoms with E-state index in [1.807, 2.05) is 30.3 Å². The van der Waals surface area contributed by atoms with Gasteiger partial charge in [0, 0.05) is 0 Å². The van der Waals surface area contributed by atoms with Gasteiger partial charge in [-0.2, -0.15) is 0 Å². The van der Waals surface area contributed by atoms with E-state index in [-0.39, 0.29) is 12.5 Å². The Hall–Kier alpha value is -1.07. The van der Waals surface area contributed by atoms with E-state index in [9.17, 15) is 9.90 Å². The number of nitrogens with one attached hydrogen (secondary N) is 1. The van der Waals surface area contributed by atoms with E-state index in [4.69, 9.17) is 23.2 Å². The Morgan fingerprint density at radius 2 is 2.00 bits per heavy atom. The van der Waals surface area contributed by atoms with Gasteiger partial charge in [0.2, 0.25) is 0 Å². The summed E-state index contributed by atoms with van der Waals surface area (Å²) in [5.41, 5.74) is 1.15. The summed E-state index contributed by atoms with van der Waals surface area (Å²) in [6, 6.07) is 10.3. The molecule has 0 fully saturated rings. The molecule has 0 aliphatic rings. The Kier molecular flexibility index (Phi) is 4.82. The third-order valence-corrected chi connectivity index (χ3v) is 4.08. The zero-order valence-corrected chi connectivity index (χ0v) is 12.1. The minimum absolute atomic E-state index is 0.189. The quantitative estimate of drug-likeness (QED) is 0.907. The second-order valence-electron chi connectivity index (χ2n) is 3.86. The standard InChI is InChI=1S/C13H11Cl2NO2S/c14-11-6-9(12(15)19-11)13(18)16-10(7-17)8-4-2-1-3-5-8/h1-6,10,17H,7H2,(H,16,18)/t10-/m1/s1. The largest absolute Gasteiger partial charge is 0.394 e. The molecule has 19 heavy (non-hydrogen) atoms. The van der Waals surface area contributed by atoms with Crippen LogP contribution in [0.1, 0.15) is 22.0 Å². The highest BCUT2D eigenvalue weighted by molar-refractivity contribution is 7.20. The first-order valence-electron chi connectivity index (χ1n) is 5.53. The van der Waals surface area contributed by atoms with Crippen molar-refractivity contribution in [1.82, 2.24) is 5.32 Å². The van der Waals surface area contributed by atoms with E-state index in [2.05, 4.69) is 5.32 Å². The summed E-state index contributed by atoms with van der Waals surface area (Å²) in [7, 11) is 0. The Bertz CT molecular complexity index is 571. The molecule has 6 heteroatoms. The second-order valence-corrected chi connectivity index (χ2v) is 6.14. The van der Waals surface area contributed by atoms with Crippen LogP contribution in [0.5, 0.6) is 0 Å². The summed E-state index contributed by atoms with van der Waals surface area (Å²) < 4.78 is 0.794. The van der Waals surface area contributed by atoms with Crippen LogP contribution in [0.4, 0.5) is 0 Å². The number of carbonyl (C=O) groups excluding carboxylic acids is 1. The highest BCUT2D eigenvalue weighted by Gasteiger charge is 2.18. The van der Waals surface area contributed by atoms with Gasteiger partial charge in [0.25, 0.3) is 5.91 Å². The topological polar surface area (TPSA) is 49.3 Å². The molecule has 0 aliphatic heterocycles. The Balaban J connectivity index is 2.15. The Morgan fingerprint density at radius 1 is 1.32 bits per heavy atom. The highest BCUT2D eigenvalue weighted by atomic mass is 35.5. The molecule has 0 bridgehead atoms. The lowest BCUT2D eigenvalue weighted by Crippen LogP contribution is -2.30. The van der Waals surface area contributed by atoms with Crippen LogP contribution >= 0.6 is 34.5 Å². The lowest BCUT2D eigenvalue weighted by Gasteiger charge is -2.16. The van der Waals surface area contributed by atoms with Crippen LogP contribution < -0.4 is 5.32 Å². The van der Waals surface area contributed by atoms with Gasteiger partial charge in [-0.25, -0.2) is 0 Å². The molecule has 0 spiro atoms. The predicted octanol–water partition coefficient (Wildman–Crippen LogP) is 3.52. The number of amides is 1. The molecule has 0 radical (unpaired) electrons. The van der Waals surface area contributed by atoms with Gasteiger partial charge < -0.3 is 10.4 Å². The lowest BCUT2D eigenvalue weighted by molar-refractivity contribution is 0.0917. The number of benzene rings is 1. The maximum Gasteiger partial charge on any atom is 0.254 e. The van der Waals surface area contributed by atoms with Crippen LogP contribution in [0.3, 0.4) is 0 Å². The Labute approximate surface area is 124 Å². The average molecular weight is 316 g/mol. The van der Waals surface area contributed by atoms with E-state index < -0.39 is 6.04 Å². The fraction of sp³-hybridized carbons (Fsp3) is 0.154. The van der Waals surface area contributed by atoms with Gasteiger partial charge in [-0.15, -0.1) is 11.3 Å². The summed E-state index contributed by atoms with van der Waals surface area (Å²) >= 11 is 12.9. The molecule has 0 unspecified atom stereocenters. The monoisotopic (exact) mass is 315 g/mol. The molecule has 1 atom stereocenters. The van der Waals surface area contributed by atoms with Crippen molar-refractivity contribution in [1.29, 1.82) is 0 Å². The van der Waals surface area contributed by atoms with E-state index in [1.165, 1.54) is 6.07 Å². The molecule has 0 saturated carbocycles. The number of rotatable bonds is 4. The van der Waals surface area contributed by atoms with Crippen molar-refractivity contribution in [3.8, 4) is 0 Å². The predicted molar refractivity (Wildman–Crippen MR) is 78.1 cm³/mol. The number of aliphatic hydroxyl groups excluding tert-OH is 1. The van der Waals surface area contributed by atoms with Gasteiger partial charge in [-0.05, 0) is 11.6 Å². The van der Waals surface area contributed by atoms with Crippen molar-refractivity contribution >= 4 is 40.4 Å². The number of hydrogen-bond donors (Lipinski definition) is 2. The second kappa shape index (κ2) is 6.39. The molecule has 1 aromatic heterocycles. The summed E-state index contributed by atoms with van der Waals surface area (Å²) in [5.74, 6) is -0.351. The van der Waals surface area contributed by atoms with Crippen LogP contribution in [0, 0.1) is 0 Å². The normalized spacial score (nSPS) is 12.2. The molecule has 2 N–H and O–H groups in total. The summed E-state index contributed by atoms with van der Waals surface area (Å²) in [6.45, 7) is -0.189. The number of aliphatic hydroxyl groups is 1. The Morgan fingerprint density at radius 3 is 2.53 bits per heavy atom. The maximum absolute atomic E-state index is 12.1. The van der Waals surface area contributed by atoms with Gasteiger partial charge in [-0.3, -0.25) is 4.79 Å². The molecular formula is C13H11Cl2NO2S. The van der Waals surface area contributed by atoms with Gasteiger partial charge >= 0.3 is 0 Å². The molecule has 3 nitrogen and oxygen atoms in total. The third kappa shape index (κ3) is 3.48. The van der Waals surface area contributed by atoms with Crippen molar-refractivity contribution in [2.24, 2.45) is 0 Å². The van der Waals surface area contributed by atoms with Crippen molar-refractivity contribution < 1.29 is 9.90 Å². The van der Waals surface area contributed by atoms with Gasteiger partial charge in [-0.1, -0.05) is 53.5 Å². The highest BCUT2D eigenvalue weighted by Crippen LogP contribution is 2.31. The minimum Gasteiger partial charge on any atom is -0.394 e. The van der Waals surface area contributed by atoms with Crippen LogP contribution in [0.15, 0.2) is 36.4 Å². The molecule has 0 saturated heterocycles. The van der Waals surface area contributed by atoms with Gasteiger partial charge in [0.05, 0.1) is 22.5 Å². The summed E-state index contributed by atoms with van der Waals surface area (Å²) in [6.07, 6.45) is 0. The SMILES string of the molecule is O=C(N[C@H](CO)c1ccccc1)c1cc(Cl)sc1Cl. The summed E-state index contributed by atoms with van der Waals surface area (Å²) in [4.78, 5) is 12.1. The van der Waals surface area contributed by atoms with Crippen molar-refractivity contribution in [2.75, 3.05) is 6.61 Å². The number of hydrogen-bond acceptors (Lipinski definition) is 3. The van der Waals surface area contributed by atoms with Crippen molar-refractivity contribution in [2.45, 2.75) is 6.04 Å². The molecule has 2 rings (SSSR count). The first-order valence-corrected chi connectivity index (χ1v) is 7.10. The van der Waals surface area contributed by atoms with Crippen molar-refractivity contribution in [3.05, 3.63) is 56.2 Å². The summed E-state index contributed by atoms with van der Waals surface area (Å²) in [5, 5.41) is 12.1. The van der Waals surface area contributed by atoms with Gasteiger partial charge in [0.1, 0.15) is 4.34 Å². The maximum atomic E-state index is 12.1. The zero-order chi connectivity index (χ0) is 13.8.